The number of nitrogens with one attached hydrogen (secondary N) is 1. The van der Waals surface area contributed by atoms with Gasteiger partial charge in [0.15, 0.2) is 5.82 Å². The first-order valence-corrected chi connectivity index (χ1v) is 7.11. The van der Waals surface area contributed by atoms with Crippen molar-refractivity contribution in [3.05, 3.63) is 11.6 Å². The normalized spacial score (nSPS) is 22.9. The Morgan fingerprint density at radius 3 is 2.89 bits per heavy atom. The third-order valence-corrected chi connectivity index (χ3v) is 3.97. The van der Waals surface area contributed by atoms with Crippen LogP contribution < -0.4 is 5.32 Å². The number of hydrogen-bond donors (Lipinski definition) is 1. The summed E-state index contributed by atoms with van der Waals surface area (Å²) in [5.74, 6) is 2.54. The summed E-state index contributed by atoms with van der Waals surface area (Å²) in [6, 6.07) is 0.0130. The number of fused-ring (bicyclic) bond motifs is 1. The van der Waals surface area contributed by atoms with Crippen molar-refractivity contribution in [1.29, 1.82) is 0 Å². The van der Waals surface area contributed by atoms with Crippen LogP contribution in [0.5, 0.6) is 0 Å². The summed E-state index contributed by atoms with van der Waals surface area (Å²) in [7, 11) is 0. The molecule has 1 aromatic rings. The molecular weight excluding hydrogens is 242 g/mol. The van der Waals surface area contributed by atoms with Gasteiger partial charge >= 0.3 is 0 Å². The molecule has 0 spiro atoms. The smallest absolute Gasteiger partial charge is 0.240 e. The van der Waals surface area contributed by atoms with Crippen molar-refractivity contribution in [2.75, 3.05) is 13.1 Å². The Hall–Kier alpha value is -1.43. The Balaban J connectivity index is 1.73. The van der Waals surface area contributed by atoms with Crippen LogP contribution in [0.3, 0.4) is 0 Å². The quantitative estimate of drug-likeness (QED) is 0.844. The second-order valence-electron chi connectivity index (χ2n) is 5.69. The van der Waals surface area contributed by atoms with E-state index in [9.17, 15) is 4.79 Å². The van der Waals surface area contributed by atoms with Crippen LogP contribution in [-0.2, 0) is 17.9 Å². The lowest BCUT2D eigenvalue weighted by Crippen LogP contribution is -2.46. The summed E-state index contributed by atoms with van der Waals surface area (Å²) >= 11 is 0. The summed E-state index contributed by atoms with van der Waals surface area (Å²) in [6.45, 7) is 7.37. The number of hydrogen-bond acceptors (Lipinski definition) is 4. The standard InChI is InChI=1S/C13H21N5O/c1-9(2)12-16-15-11-8-17(6-7-18(11)12)13(19)10-4-3-5-14-10/h9-10,14H,3-8H2,1-2H3. The molecule has 104 valence electrons. The molecular formula is C13H21N5O. The molecule has 19 heavy (non-hydrogen) atoms. The van der Waals surface area contributed by atoms with Gasteiger partial charge in [0.1, 0.15) is 5.82 Å². The monoisotopic (exact) mass is 263 g/mol. The molecule has 3 rings (SSSR count). The molecule has 0 bridgehead atoms. The van der Waals surface area contributed by atoms with Crippen LogP contribution in [0.1, 0.15) is 44.3 Å². The lowest BCUT2D eigenvalue weighted by molar-refractivity contribution is -0.134. The topological polar surface area (TPSA) is 63.1 Å². The highest BCUT2D eigenvalue weighted by Crippen LogP contribution is 2.19. The summed E-state index contributed by atoms with van der Waals surface area (Å²) < 4.78 is 2.16. The number of amides is 1. The molecule has 0 aliphatic carbocycles. The van der Waals surface area contributed by atoms with Gasteiger partial charge < -0.3 is 14.8 Å². The molecule has 1 atom stereocenters. The summed E-state index contributed by atoms with van der Waals surface area (Å²) in [6.07, 6.45) is 2.05. The van der Waals surface area contributed by atoms with Crippen LogP contribution in [0.4, 0.5) is 0 Å². The van der Waals surface area contributed by atoms with Gasteiger partial charge in [-0.3, -0.25) is 4.79 Å². The summed E-state index contributed by atoms with van der Waals surface area (Å²) in [5.41, 5.74) is 0. The highest BCUT2D eigenvalue weighted by atomic mass is 16.2. The van der Waals surface area contributed by atoms with Gasteiger partial charge in [0.25, 0.3) is 0 Å². The van der Waals surface area contributed by atoms with Crippen molar-refractivity contribution in [3.8, 4) is 0 Å². The van der Waals surface area contributed by atoms with E-state index in [2.05, 4.69) is 33.9 Å². The molecule has 3 heterocycles. The van der Waals surface area contributed by atoms with Crippen LogP contribution >= 0.6 is 0 Å². The van der Waals surface area contributed by atoms with E-state index >= 15 is 0 Å². The summed E-state index contributed by atoms with van der Waals surface area (Å²) in [4.78, 5) is 14.3. The van der Waals surface area contributed by atoms with Crippen LogP contribution in [-0.4, -0.2) is 44.7 Å². The molecule has 6 heteroatoms. The molecule has 1 N–H and O–H groups in total. The zero-order chi connectivity index (χ0) is 13.4. The van der Waals surface area contributed by atoms with Crippen LogP contribution in [0.2, 0.25) is 0 Å². The van der Waals surface area contributed by atoms with Crippen molar-refractivity contribution in [1.82, 2.24) is 25.0 Å². The first-order valence-electron chi connectivity index (χ1n) is 7.11. The average molecular weight is 263 g/mol. The number of aromatic nitrogens is 3. The first kappa shape index (κ1) is 12.6. The van der Waals surface area contributed by atoms with Gasteiger partial charge in [0, 0.05) is 19.0 Å². The highest BCUT2D eigenvalue weighted by Gasteiger charge is 2.30. The molecule has 2 aliphatic heterocycles. The van der Waals surface area contributed by atoms with Gasteiger partial charge in [0.05, 0.1) is 12.6 Å². The maximum atomic E-state index is 12.4. The van der Waals surface area contributed by atoms with Crippen LogP contribution in [0, 0.1) is 0 Å². The molecule has 1 saturated heterocycles. The molecule has 0 aromatic carbocycles. The first-order chi connectivity index (χ1) is 9.16. The van der Waals surface area contributed by atoms with Gasteiger partial charge in [-0.15, -0.1) is 10.2 Å². The average Bonchev–Trinajstić information content (AvgIpc) is 3.06. The lowest BCUT2D eigenvalue weighted by Gasteiger charge is -2.30. The van der Waals surface area contributed by atoms with E-state index in [4.69, 9.17) is 0 Å². The number of carbonyl (C=O) groups is 1. The second kappa shape index (κ2) is 4.92. The van der Waals surface area contributed by atoms with Crippen molar-refractivity contribution >= 4 is 5.91 Å². The van der Waals surface area contributed by atoms with E-state index in [0.29, 0.717) is 12.5 Å². The van der Waals surface area contributed by atoms with Crippen LogP contribution in [0.25, 0.3) is 0 Å². The summed E-state index contributed by atoms with van der Waals surface area (Å²) in [5, 5.41) is 11.8. The van der Waals surface area contributed by atoms with Gasteiger partial charge in [0.2, 0.25) is 5.91 Å². The third kappa shape index (κ3) is 2.25. The van der Waals surface area contributed by atoms with Crippen molar-refractivity contribution in [3.63, 3.8) is 0 Å². The third-order valence-electron chi connectivity index (χ3n) is 3.97. The Labute approximate surface area is 113 Å². The fourth-order valence-corrected chi connectivity index (χ4v) is 2.91. The van der Waals surface area contributed by atoms with Crippen molar-refractivity contribution in [2.45, 2.75) is 51.7 Å². The van der Waals surface area contributed by atoms with E-state index in [0.717, 1.165) is 44.1 Å². The second-order valence-corrected chi connectivity index (χ2v) is 5.69. The Morgan fingerprint density at radius 1 is 1.37 bits per heavy atom. The fraction of sp³-hybridized carbons (Fsp3) is 0.769. The molecule has 2 aliphatic rings. The van der Waals surface area contributed by atoms with E-state index in [1.165, 1.54) is 0 Å². The van der Waals surface area contributed by atoms with E-state index in [1.54, 1.807) is 0 Å². The Bertz CT molecular complexity index is 475. The Kier molecular flexibility index (Phi) is 3.26. The minimum Gasteiger partial charge on any atom is -0.332 e. The van der Waals surface area contributed by atoms with Crippen molar-refractivity contribution < 1.29 is 4.79 Å². The zero-order valence-electron chi connectivity index (χ0n) is 11.6. The Morgan fingerprint density at radius 2 is 2.21 bits per heavy atom. The predicted octanol–water partition coefficient (Wildman–Crippen LogP) is 0.496. The largest absolute Gasteiger partial charge is 0.332 e. The van der Waals surface area contributed by atoms with Gasteiger partial charge in [-0.1, -0.05) is 13.8 Å². The molecule has 0 saturated carbocycles. The van der Waals surface area contributed by atoms with Gasteiger partial charge in [-0.25, -0.2) is 0 Å². The maximum Gasteiger partial charge on any atom is 0.240 e. The fourth-order valence-electron chi connectivity index (χ4n) is 2.91. The predicted molar refractivity (Wildman–Crippen MR) is 70.6 cm³/mol. The molecule has 1 aromatic heterocycles. The molecule has 6 nitrogen and oxygen atoms in total. The molecule has 1 fully saturated rings. The minimum absolute atomic E-state index is 0.0130. The highest BCUT2D eigenvalue weighted by molar-refractivity contribution is 5.82. The van der Waals surface area contributed by atoms with Gasteiger partial charge in [-0.2, -0.15) is 0 Å². The van der Waals surface area contributed by atoms with Crippen LogP contribution in [0.15, 0.2) is 0 Å². The minimum atomic E-state index is 0.0130. The van der Waals surface area contributed by atoms with E-state index in [-0.39, 0.29) is 11.9 Å². The number of rotatable bonds is 2. The van der Waals surface area contributed by atoms with E-state index in [1.807, 2.05) is 4.90 Å². The molecule has 1 amide bonds. The molecule has 1 unspecified atom stereocenters. The maximum absolute atomic E-state index is 12.4. The number of nitrogens with zero attached hydrogens (tertiary/aromatic N) is 4. The van der Waals surface area contributed by atoms with E-state index < -0.39 is 0 Å². The lowest BCUT2D eigenvalue weighted by atomic mass is 10.1. The van der Waals surface area contributed by atoms with Crippen molar-refractivity contribution in [2.24, 2.45) is 0 Å². The number of carbonyl (C=O) groups excluding carboxylic acids is 1. The molecule has 0 radical (unpaired) electrons. The van der Waals surface area contributed by atoms with Gasteiger partial charge in [-0.05, 0) is 19.4 Å². The SMILES string of the molecule is CC(C)c1nnc2n1CCN(C(=O)C1CCCN1)C2. The zero-order valence-corrected chi connectivity index (χ0v) is 11.6.